The Morgan fingerprint density at radius 1 is 1.22 bits per heavy atom. The Kier molecular flexibility index (Phi) is 4.95. The minimum absolute atomic E-state index is 0.153. The fraction of sp³-hybridized carbons (Fsp3) is 0.400. The third-order valence-electron chi connectivity index (χ3n) is 5.47. The Morgan fingerprint density at radius 3 is 2.63 bits per heavy atom. The summed E-state index contributed by atoms with van der Waals surface area (Å²) in [5, 5.41) is 12.4. The molecule has 0 saturated heterocycles. The number of nitrogens with zero attached hydrogens (tertiary/aromatic N) is 3. The van der Waals surface area contributed by atoms with Gasteiger partial charge in [-0.2, -0.15) is 5.26 Å². The number of aromatic nitrogens is 2. The van der Waals surface area contributed by atoms with Crippen molar-refractivity contribution in [2.75, 3.05) is 0 Å². The van der Waals surface area contributed by atoms with Crippen LogP contribution >= 0.6 is 11.6 Å². The van der Waals surface area contributed by atoms with Crippen LogP contribution in [0.5, 0.6) is 5.75 Å². The van der Waals surface area contributed by atoms with E-state index in [0.29, 0.717) is 33.9 Å². The van der Waals surface area contributed by atoms with E-state index in [9.17, 15) is 4.79 Å². The van der Waals surface area contributed by atoms with Crippen molar-refractivity contribution in [2.45, 2.75) is 37.8 Å². The largest absolute Gasteiger partial charge is 0.490 e. The molecule has 2 aliphatic rings. The smallest absolute Gasteiger partial charge is 0.271 e. The summed E-state index contributed by atoms with van der Waals surface area (Å²) in [6.45, 7) is 0. The third-order valence-corrected chi connectivity index (χ3v) is 5.78. The minimum Gasteiger partial charge on any atom is -0.490 e. The minimum atomic E-state index is -0.159. The molecule has 1 heterocycles. The van der Waals surface area contributed by atoms with Crippen LogP contribution < -0.4 is 10.1 Å². The van der Waals surface area contributed by atoms with Gasteiger partial charge in [-0.05, 0) is 49.7 Å². The zero-order valence-corrected chi connectivity index (χ0v) is 15.4. The average Bonchev–Trinajstić information content (AvgIpc) is 3.20. The summed E-state index contributed by atoms with van der Waals surface area (Å²) in [4.78, 5) is 20.2. The molecule has 1 amide bonds. The zero-order valence-electron chi connectivity index (χ0n) is 14.6. The van der Waals surface area contributed by atoms with E-state index in [0.717, 1.165) is 25.7 Å². The molecule has 27 heavy (non-hydrogen) atoms. The summed E-state index contributed by atoms with van der Waals surface area (Å²) in [7, 11) is 0. The van der Waals surface area contributed by atoms with Crippen molar-refractivity contribution < 1.29 is 9.53 Å². The van der Waals surface area contributed by atoms with Gasteiger partial charge in [0, 0.05) is 24.5 Å². The van der Waals surface area contributed by atoms with Gasteiger partial charge in [0.15, 0.2) is 0 Å². The fourth-order valence-corrected chi connectivity index (χ4v) is 4.52. The lowest BCUT2D eigenvalue weighted by atomic mass is 10.0. The van der Waals surface area contributed by atoms with Gasteiger partial charge in [-0.15, -0.1) is 0 Å². The molecule has 4 rings (SSSR count). The number of hydrogen-bond donors (Lipinski definition) is 1. The topological polar surface area (TPSA) is 87.9 Å². The molecule has 0 spiro atoms. The highest BCUT2D eigenvalue weighted by molar-refractivity contribution is 6.31. The lowest BCUT2D eigenvalue weighted by Gasteiger charge is -2.18. The van der Waals surface area contributed by atoms with Crippen molar-refractivity contribution in [3.63, 3.8) is 0 Å². The van der Waals surface area contributed by atoms with Crippen molar-refractivity contribution in [2.24, 2.45) is 11.8 Å². The number of ether oxygens (including phenoxy) is 1. The second-order valence-corrected chi connectivity index (χ2v) is 7.62. The number of amides is 1. The first-order chi connectivity index (χ1) is 13.1. The van der Waals surface area contributed by atoms with Crippen molar-refractivity contribution in [1.82, 2.24) is 15.3 Å². The number of nitriles is 1. The Bertz CT molecular complexity index is 869. The number of benzene rings is 1. The summed E-state index contributed by atoms with van der Waals surface area (Å²) < 4.78 is 6.08. The number of rotatable bonds is 4. The molecule has 2 fully saturated rings. The van der Waals surface area contributed by atoms with E-state index in [4.69, 9.17) is 21.6 Å². The lowest BCUT2D eigenvalue weighted by molar-refractivity contribution is 0.0929. The van der Waals surface area contributed by atoms with E-state index >= 15 is 0 Å². The maximum Gasteiger partial charge on any atom is 0.271 e. The molecule has 2 unspecified atom stereocenters. The van der Waals surface area contributed by atoms with E-state index in [-0.39, 0.29) is 18.1 Å². The van der Waals surface area contributed by atoms with E-state index in [1.807, 2.05) is 0 Å². The van der Waals surface area contributed by atoms with Crippen LogP contribution in [0.15, 0.2) is 36.8 Å². The number of halogens is 1. The van der Waals surface area contributed by atoms with E-state index < -0.39 is 0 Å². The summed E-state index contributed by atoms with van der Waals surface area (Å²) in [6.07, 6.45) is 8.58. The quantitative estimate of drug-likeness (QED) is 0.875. The van der Waals surface area contributed by atoms with Gasteiger partial charge in [-0.25, -0.2) is 4.98 Å². The Morgan fingerprint density at radius 2 is 2.00 bits per heavy atom. The highest BCUT2D eigenvalue weighted by Gasteiger charge is 2.43. The first-order valence-electron chi connectivity index (χ1n) is 9.05. The van der Waals surface area contributed by atoms with Gasteiger partial charge >= 0.3 is 0 Å². The molecule has 2 aromatic rings. The molecule has 0 radical (unpaired) electrons. The normalized spacial score (nSPS) is 26.2. The van der Waals surface area contributed by atoms with Crippen LogP contribution in [0.3, 0.4) is 0 Å². The van der Waals surface area contributed by atoms with Gasteiger partial charge in [-0.1, -0.05) is 11.6 Å². The predicted octanol–water partition coefficient (Wildman–Crippen LogP) is 3.37. The summed E-state index contributed by atoms with van der Waals surface area (Å²) in [6, 6.07) is 7.42. The molecular weight excluding hydrogens is 364 g/mol. The molecule has 2 atom stereocenters. The van der Waals surface area contributed by atoms with Crippen LogP contribution in [-0.2, 0) is 0 Å². The Balaban J connectivity index is 1.30. The van der Waals surface area contributed by atoms with Gasteiger partial charge in [-0.3, -0.25) is 9.78 Å². The summed E-state index contributed by atoms with van der Waals surface area (Å²) in [5.41, 5.74) is 0.808. The standard InChI is InChI=1S/C20H19ClN4O2/c21-18-9-16(2-1-12(18)10-22)27-17-7-13-5-15(6-14(13)8-17)25-20(26)19-11-23-3-4-24-19/h1-4,9,11,13-15,17H,5-8H2,(H,25,26). The number of carbonyl (C=O) groups is 1. The first-order valence-corrected chi connectivity index (χ1v) is 9.43. The maximum atomic E-state index is 12.2. The molecule has 7 heteroatoms. The Labute approximate surface area is 162 Å². The molecule has 6 nitrogen and oxygen atoms in total. The highest BCUT2D eigenvalue weighted by atomic mass is 35.5. The molecule has 2 saturated carbocycles. The first kappa shape index (κ1) is 17.7. The van der Waals surface area contributed by atoms with Crippen molar-refractivity contribution in [3.8, 4) is 11.8 Å². The molecule has 0 bridgehead atoms. The number of carbonyl (C=O) groups excluding carboxylic acids is 1. The van der Waals surface area contributed by atoms with Crippen LogP contribution in [0.4, 0.5) is 0 Å². The number of hydrogen-bond acceptors (Lipinski definition) is 5. The molecule has 1 aromatic carbocycles. The van der Waals surface area contributed by atoms with E-state index in [1.165, 1.54) is 12.4 Å². The van der Waals surface area contributed by atoms with Gasteiger partial charge in [0.1, 0.15) is 17.5 Å². The second-order valence-electron chi connectivity index (χ2n) is 7.22. The predicted molar refractivity (Wildman–Crippen MR) is 99.3 cm³/mol. The average molecular weight is 383 g/mol. The van der Waals surface area contributed by atoms with Crippen molar-refractivity contribution in [1.29, 1.82) is 5.26 Å². The van der Waals surface area contributed by atoms with Gasteiger partial charge in [0.05, 0.1) is 22.9 Å². The molecular formula is C20H19ClN4O2. The maximum absolute atomic E-state index is 12.2. The molecule has 0 aliphatic heterocycles. The van der Waals surface area contributed by atoms with Gasteiger partial charge in [0.25, 0.3) is 5.91 Å². The second kappa shape index (κ2) is 7.53. The van der Waals surface area contributed by atoms with Gasteiger partial charge in [0.2, 0.25) is 0 Å². The Hall–Kier alpha value is -2.65. The number of fused-ring (bicyclic) bond motifs is 1. The molecule has 2 aliphatic carbocycles. The van der Waals surface area contributed by atoms with E-state index in [1.54, 1.807) is 24.4 Å². The van der Waals surface area contributed by atoms with Gasteiger partial charge < -0.3 is 10.1 Å². The van der Waals surface area contributed by atoms with E-state index in [2.05, 4.69) is 21.4 Å². The van der Waals surface area contributed by atoms with Crippen LogP contribution in [0.25, 0.3) is 0 Å². The summed E-state index contributed by atoms with van der Waals surface area (Å²) >= 11 is 6.08. The third kappa shape index (κ3) is 3.88. The van der Waals surface area contributed by atoms with Crippen molar-refractivity contribution >= 4 is 17.5 Å². The molecule has 1 N–H and O–H groups in total. The van der Waals surface area contributed by atoms with Crippen LogP contribution in [0, 0.1) is 23.2 Å². The lowest BCUT2D eigenvalue weighted by Crippen LogP contribution is -2.34. The number of nitrogens with one attached hydrogen (secondary N) is 1. The highest BCUT2D eigenvalue weighted by Crippen LogP contribution is 2.45. The van der Waals surface area contributed by atoms with Crippen LogP contribution in [0.1, 0.15) is 41.7 Å². The van der Waals surface area contributed by atoms with Crippen LogP contribution in [-0.4, -0.2) is 28.0 Å². The fourth-order valence-electron chi connectivity index (χ4n) is 4.30. The van der Waals surface area contributed by atoms with Crippen molar-refractivity contribution in [3.05, 3.63) is 53.1 Å². The zero-order chi connectivity index (χ0) is 18.8. The molecule has 1 aromatic heterocycles. The molecule has 138 valence electrons. The summed E-state index contributed by atoms with van der Waals surface area (Å²) in [5.74, 6) is 1.65. The monoisotopic (exact) mass is 382 g/mol. The van der Waals surface area contributed by atoms with Crippen LogP contribution in [0.2, 0.25) is 5.02 Å². The SMILES string of the molecule is N#Cc1ccc(OC2CC3CC(NC(=O)c4cnccn4)CC3C2)cc1Cl.